The molecule has 1 heterocycles. The predicted molar refractivity (Wildman–Crippen MR) is 139 cm³/mol. The van der Waals surface area contributed by atoms with E-state index in [1.807, 2.05) is 5.38 Å². The van der Waals surface area contributed by atoms with Crippen LogP contribution < -0.4 is 5.32 Å². The third-order valence-corrected chi connectivity index (χ3v) is 6.93. The van der Waals surface area contributed by atoms with Gasteiger partial charge in [0.1, 0.15) is 10.0 Å². The van der Waals surface area contributed by atoms with Crippen LogP contribution in [0, 0.1) is 10.1 Å². The van der Waals surface area contributed by atoms with E-state index >= 15 is 0 Å². The summed E-state index contributed by atoms with van der Waals surface area (Å²) in [6.45, 7) is 1.20. The van der Waals surface area contributed by atoms with Crippen LogP contribution >= 0.6 is 22.9 Å². The number of carbonyl (C=O) groups excluding carboxylic acids is 4. The Balaban J connectivity index is 1.47. The Morgan fingerprint density at radius 1 is 1.08 bits per heavy atom. The van der Waals surface area contributed by atoms with Crippen molar-refractivity contribution in [2.75, 3.05) is 18.5 Å². The molecule has 0 radical (unpaired) electrons. The highest BCUT2D eigenvalue weighted by Crippen LogP contribution is 2.46. The van der Waals surface area contributed by atoms with E-state index in [0.29, 0.717) is 10.6 Å². The fourth-order valence-corrected chi connectivity index (χ4v) is 4.99. The van der Waals surface area contributed by atoms with Crippen LogP contribution in [-0.2, 0) is 14.3 Å². The largest absolute Gasteiger partial charge is 0.462 e. The number of ketones is 1. The van der Waals surface area contributed by atoms with Crippen LogP contribution in [0.15, 0.2) is 47.8 Å². The van der Waals surface area contributed by atoms with Crippen molar-refractivity contribution in [3.63, 3.8) is 0 Å². The fourth-order valence-electron chi connectivity index (χ4n) is 3.75. The molecule has 1 aliphatic rings. The first kappa shape index (κ1) is 27.0. The Bertz CT molecular complexity index is 1450. The first-order valence-corrected chi connectivity index (χ1v) is 12.8. The van der Waals surface area contributed by atoms with Gasteiger partial charge in [0.15, 0.2) is 12.4 Å². The molecule has 1 saturated carbocycles. The molecule has 0 spiro atoms. The second kappa shape index (κ2) is 11.5. The summed E-state index contributed by atoms with van der Waals surface area (Å²) >= 11 is 7.02. The summed E-state index contributed by atoms with van der Waals surface area (Å²) in [5.74, 6) is -2.55. The lowest BCUT2D eigenvalue weighted by atomic mass is 9.98. The molecule has 0 bridgehead atoms. The normalized spacial score (nSPS) is 12.5. The van der Waals surface area contributed by atoms with E-state index in [1.165, 1.54) is 47.7 Å². The molecule has 0 saturated heterocycles. The van der Waals surface area contributed by atoms with Crippen molar-refractivity contribution in [3.8, 4) is 0 Å². The van der Waals surface area contributed by atoms with E-state index in [0.717, 1.165) is 24.5 Å². The second-order valence-electron chi connectivity index (χ2n) is 8.31. The van der Waals surface area contributed by atoms with Crippen LogP contribution in [0.4, 0.5) is 10.7 Å². The zero-order valence-corrected chi connectivity index (χ0v) is 21.6. The van der Waals surface area contributed by atoms with Crippen molar-refractivity contribution in [1.82, 2.24) is 0 Å². The Kier molecular flexibility index (Phi) is 8.18. The first-order chi connectivity index (χ1) is 18.2. The topological polar surface area (TPSA) is 142 Å². The summed E-state index contributed by atoms with van der Waals surface area (Å²) in [5, 5.41) is 15.8. The highest BCUT2D eigenvalue weighted by molar-refractivity contribution is 7.15. The number of thiophene rings is 1. The van der Waals surface area contributed by atoms with E-state index in [-0.39, 0.29) is 34.2 Å². The molecule has 0 atom stereocenters. The number of rotatable bonds is 10. The maximum absolute atomic E-state index is 13.1. The molecule has 3 aromatic rings. The molecular formula is C26H21ClN2O8S. The number of carbonyl (C=O) groups is 4. The lowest BCUT2D eigenvalue weighted by Crippen LogP contribution is -2.22. The van der Waals surface area contributed by atoms with Crippen molar-refractivity contribution in [2.24, 2.45) is 0 Å². The summed E-state index contributed by atoms with van der Waals surface area (Å²) in [6.07, 6.45) is 1.91. The van der Waals surface area contributed by atoms with Crippen LogP contribution in [0.5, 0.6) is 0 Å². The number of anilines is 1. The second-order valence-corrected chi connectivity index (χ2v) is 9.60. The SMILES string of the molecule is CCOC(=O)c1c(C2CC2)csc1NC(=O)COC(=O)c1ccccc1C(=O)c1ccc(Cl)c([N+](=O)[O-])c1. The smallest absolute Gasteiger partial charge is 0.341 e. The Hall–Kier alpha value is -4.09. The average Bonchev–Trinajstić information content (AvgIpc) is 3.67. The first-order valence-electron chi connectivity index (χ1n) is 11.5. The van der Waals surface area contributed by atoms with Gasteiger partial charge in [0.25, 0.3) is 11.6 Å². The van der Waals surface area contributed by atoms with Gasteiger partial charge in [-0.2, -0.15) is 0 Å². The molecule has 1 aromatic heterocycles. The monoisotopic (exact) mass is 556 g/mol. The number of esters is 2. The van der Waals surface area contributed by atoms with Crippen LogP contribution in [0.25, 0.3) is 0 Å². The van der Waals surface area contributed by atoms with Crippen molar-refractivity contribution >= 4 is 57.3 Å². The van der Waals surface area contributed by atoms with Crippen LogP contribution in [0.3, 0.4) is 0 Å². The van der Waals surface area contributed by atoms with Gasteiger partial charge in [-0.05, 0) is 54.8 Å². The zero-order chi connectivity index (χ0) is 27.4. The van der Waals surface area contributed by atoms with Gasteiger partial charge >= 0.3 is 11.9 Å². The molecule has 38 heavy (non-hydrogen) atoms. The van der Waals surface area contributed by atoms with Crippen molar-refractivity contribution in [2.45, 2.75) is 25.7 Å². The number of nitrogens with one attached hydrogen (secondary N) is 1. The Morgan fingerprint density at radius 3 is 2.45 bits per heavy atom. The number of amides is 1. The lowest BCUT2D eigenvalue weighted by Gasteiger charge is -2.10. The number of nitrogens with zero attached hydrogens (tertiary/aromatic N) is 1. The molecular weight excluding hydrogens is 536 g/mol. The van der Waals surface area contributed by atoms with Gasteiger partial charge in [-0.1, -0.05) is 29.8 Å². The molecule has 0 aliphatic heterocycles. The van der Waals surface area contributed by atoms with Gasteiger partial charge in [0.05, 0.1) is 22.7 Å². The summed E-state index contributed by atoms with van der Waals surface area (Å²) in [4.78, 5) is 61.4. The minimum atomic E-state index is -0.942. The summed E-state index contributed by atoms with van der Waals surface area (Å²) in [5.41, 5.74) is 0.459. The van der Waals surface area contributed by atoms with Gasteiger partial charge in [-0.3, -0.25) is 19.7 Å². The Morgan fingerprint density at radius 2 is 1.79 bits per heavy atom. The van der Waals surface area contributed by atoms with Crippen molar-refractivity contribution < 1.29 is 33.6 Å². The van der Waals surface area contributed by atoms with Crippen LogP contribution in [-0.4, -0.2) is 41.8 Å². The molecule has 0 unspecified atom stereocenters. The average molecular weight is 557 g/mol. The quantitative estimate of drug-likeness (QED) is 0.151. The number of hydrogen-bond acceptors (Lipinski definition) is 9. The molecule has 2 aromatic carbocycles. The number of nitro benzene ring substituents is 1. The maximum atomic E-state index is 13.1. The maximum Gasteiger partial charge on any atom is 0.341 e. The molecule has 10 nitrogen and oxygen atoms in total. The van der Waals surface area contributed by atoms with E-state index in [9.17, 15) is 29.3 Å². The van der Waals surface area contributed by atoms with Crippen molar-refractivity contribution in [3.05, 3.63) is 90.8 Å². The minimum Gasteiger partial charge on any atom is -0.462 e. The number of nitro groups is 1. The standard InChI is InChI=1S/C26H21ClN2O8S/c1-2-36-26(33)22-18(14-7-8-14)13-38-24(22)28-21(30)12-37-25(32)17-6-4-3-5-16(17)23(31)15-9-10-19(27)20(11-15)29(34)35/h3-6,9-11,13-14H,2,7-8,12H2,1H3,(H,28,30). The minimum absolute atomic E-state index is 0.0465. The third-order valence-electron chi connectivity index (χ3n) is 5.70. The molecule has 1 fully saturated rings. The molecule has 1 aliphatic carbocycles. The molecule has 12 heteroatoms. The molecule has 4 rings (SSSR count). The molecule has 196 valence electrons. The van der Waals surface area contributed by atoms with Crippen molar-refractivity contribution in [1.29, 1.82) is 0 Å². The molecule has 1 N–H and O–H groups in total. The number of benzene rings is 2. The summed E-state index contributed by atoms with van der Waals surface area (Å²) in [6, 6.07) is 9.31. The molecule has 1 amide bonds. The number of ether oxygens (including phenoxy) is 2. The predicted octanol–water partition coefficient (Wildman–Crippen LogP) is 5.39. The van der Waals surface area contributed by atoms with Crippen LogP contribution in [0.1, 0.15) is 67.9 Å². The summed E-state index contributed by atoms with van der Waals surface area (Å²) < 4.78 is 10.3. The van der Waals surface area contributed by atoms with Gasteiger partial charge in [-0.15, -0.1) is 11.3 Å². The summed E-state index contributed by atoms with van der Waals surface area (Å²) in [7, 11) is 0. The lowest BCUT2D eigenvalue weighted by molar-refractivity contribution is -0.384. The van der Waals surface area contributed by atoms with Crippen LogP contribution in [0.2, 0.25) is 5.02 Å². The Labute approximate surface area is 225 Å². The van der Waals surface area contributed by atoms with Gasteiger partial charge < -0.3 is 14.8 Å². The van der Waals surface area contributed by atoms with E-state index < -0.39 is 40.8 Å². The fraction of sp³-hybridized carbons (Fsp3) is 0.231. The zero-order valence-electron chi connectivity index (χ0n) is 20.0. The highest BCUT2D eigenvalue weighted by atomic mass is 35.5. The van der Waals surface area contributed by atoms with E-state index in [4.69, 9.17) is 21.1 Å². The van der Waals surface area contributed by atoms with Gasteiger partial charge in [0.2, 0.25) is 0 Å². The van der Waals surface area contributed by atoms with Gasteiger partial charge in [-0.25, -0.2) is 9.59 Å². The van der Waals surface area contributed by atoms with Gasteiger partial charge in [0, 0.05) is 17.2 Å². The number of hydrogen-bond donors (Lipinski definition) is 1. The van der Waals surface area contributed by atoms with E-state index in [1.54, 1.807) is 6.92 Å². The number of halogens is 1. The third kappa shape index (κ3) is 5.90. The van der Waals surface area contributed by atoms with E-state index in [2.05, 4.69) is 5.32 Å². The highest BCUT2D eigenvalue weighted by Gasteiger charge is 2.32.